The van der Waals surface area contributed by atoms with Gasteiger partial charge in [-0.25, -0.2) is 0 Å². The molecule has 3 rings (SSSR count). The van der Waals surface area contributed by atoms with E-state index in [9.17, 15) is 4.79 Å². The average Bonchev–Trinajstić information content (AvgIpc) is 2.55. The van der Waals surface area contributed by atoms with E-state index in [1.165, 1.54) is 0 Å². The molecule has 0 aliphatic carbocycles. The first kappa shape index (κ1) is 14.5. The van der Waals surface area contributed by atoms with Gasteiger partial charge >= 0.3 is 0 Å². The van der Waals surface area contributed by atoms with E-state index >= 15 is 0 Å². The van der Waals surface area contributed by atoms with Crippen LogP contribution >= 0.6 is 0 Å². The van der Waals surface area contributed by atoms with Gasteiger partial charge < -0.3 is 0 Å². The Morgan fingerprint density at radius 3 is 2.18 bits per heavy atom. The van der Waals surface area contributed by atoms with Crippen molar-refractivity contribution in [2.45, 2.75) is 0 Å². The van der Waals surface area contributed by atoms with Gasteiger partial charge in [0.25, 0.3) is 0 Å². The van der Waals surface area contributed by atoms with Crippen molar-refractivity contribution in [3.63, 3.8) is 0 Å². The fraction of sp³-hybridized carbons (Fsp3) is 0.150. The van der Waals surface area contributed by atoms with E-state index in [0.717, 1.165) is 22.0 Å². The quantitative estimate of drug-likeness (QED) is 0.517. The number of likely N-dealkylation sites (N-methyl/N-ethyl adjacent to an activating group) is 1. The molecular weight excluding hydrogens is 270 g/mol. The van der Waals surface area contributed by atoms with Crippen LogP contribution in [0.5, 0.6) is 0 Å². The fourth-order valence-electron chi connectivity index (χ4n) is 2.74. The van der Waals surface area contributed by atoms with E-state index in [2.05, 4.69) is 32.3 Å². The van der Waals surface area contributed by atoms with Crippen molar-refractivity contribution in [2.24, 2.45) is 0 Å². The number of Topliss-reactive ketones (excluding diaryl/α,β-unsaturated/α-hetero) is 1. The molecule has 0 unspecified atom stereocenters. The molecule has 0 N–H and O–H groups in total. The summed E-state index contributed by atoms with van der Waals surface area (Å²) in [5.74, 6) is 0.166. The Morgan fingerprint density at radius 1 is 0.818 bits per heavy atom. The second-order valence-corrected chi connectivity index (χ2v) is 6.16. The summed E-state index contributed by atoms with van der Waals surface area (Å²) in [6, 6.07) is 24.2. The Labute approximate surface area is 131 Å². The van der Waals surface area contributed by atoms with Gasteiger partial charge in [-0.2, -0.15) is 0 Å². The number of fused-ring (bicyclic) bond motifs is 1. The largest absolute Gasteiger partial charge is 0.289 e. The Bertz CT molecular complexity index is 806. The van der Waals surface area contributed by atoms with Gasteiger partial charge in [0.05, 0.1) is 14.1 Å². The maximum Gasteiger partial charge on any atom is 0.217 e. The van der Waals surface area contributed by atoms with Gasteiger partial charge in [0.15, 0.2) is 0 Å². The van der Waals surface area contributed by atoms with Crippen LogP contribution in [-0.4, -0.2) is 26.4 Å². The zero-order valence-electron chi connectivity index (χ0n) is 13.0. The molecule has 0 spiro atoms. The van der Waals surface area contributed by atoms with Gasteiger partial charge in [-0.3, -0.25) is 9.28 Å². The van der Waals surface area contributed by atoms with E-state index < -0.39 is 0 Å². The zero-order valence-corrected chi connectivity index (χ0v) is 13.0. The minimum atomic E-state index is 0.166. The second kappa shape index (κ2) is 5.74. The maximum absolute atomic E-state index is 12.7. The minimum absolute atomic E-state index is 0.166. The van der Waals surface area contributed by atoms with Gasteiger partial charge in [0.1, 0.15) is 12.2 Å². The number of quaternary nitrogens is 1. The van der Waals surface area contributed by atoms with Crippen molar-refractivity contribution in [3.8, 4) is 0 Å². The standard InChI is InChI=1S/C20H20NO/c1-21(2,19-10-4-3-5-11-19)15-20(22)18-13-12-16-8-6-7-9-17(16)14-18/h3-14H,15H2,1-2H3/q+1. The molecule has 0 bridgehead atoms. The van der Waals surface area contributed by atoms with E-state index in [0.29, 0.717) is 11.0 Å². The molecule has 0 amide bonds. The maximum atomic E-state index is 12.7. The van der Waals surface area contributed by atoms with Gasteiger partial charge in [-0.15, -0.1) is 0 Å². The zero-order chi connectivity index (χ0) is 15.6. The molecule has 0 radical (unpaired) electrons. The minimum Gasteiger partial charge on any atom is -0.289 e. The molecule has 0 atom stereocenters. The predicted octanol–water partition coefficient (Wildman–Crippen LogP) is 4.29. The van der Waals surface area contributed by atoms with Crippen LogP contribution in [-0.2, 0) is 0 Å². The topological polar surface area (TPSA) is 17.1 Å². The molecule has 0 fully saturated rings. The number of nitrogens with zero attached hydrogens (tertiary/aromatic N) is 1. The summed E-state index contributed by atoms with van der Waals surface area (Å²) < 4.78 is 0.548. The molecule has 0 aliphatic rings. The monoisotopic (exact) mass is 290 g/mol. The number of carbonyl (C=O) groups excluding carboxylic acids is 1. The molecule has 0 saturated heterocycles. The summed E-state index contributed by atoms with van der Waals surface area (Å²) >= 11 is 0. The summed E-state index contributed by atoms with van der Waals surface area (Å²) in [6.45, 7) is 0.447. The first-order chi connectivity index (χ1) is 10.6. The summed E-state index contributed by atoms with van der Waals surface area (Å²) in [5, 5.41) is 2.27. The summed E-state index contributed by atoms with van der Waals surface area (Å²) in [5.41, 5.74) is 1.91. The smallest absolute Gasteiger partial charge is 0.217 e. The first-order valence-corrected chi connectivity index (χ1v) is 7.47. The van der Waals surface area contributed by atoms with Crippen molar-refractivity contribution in [1.82, 2.24) is 4.48 Å². The summed E-state index contributed by atoms with van der Waals surface area (Å²) in [7, 11) is 4.13. The Balaban J connectivity index is 1.86. The molecule has 0 saturated carbocycles. The third-order valence-electron chi connectivity index (χ3n) is 4.07. The molecule has 3 aromatic carbocycles. The number of ketones is 1. The molecule has 22 heavy (non-hydrogen) atoms. The Kier molecular flexibility index (Phi) is 3.78. The second-order valence-electron chi connectivity index (χ2n) is 6.16. The highest BCUT2D eigenvalue weighted by atomic mass is 16.1. The number of rotatable bonds is 4. The van der Waals surface area contributed by atoms with Gasteiger partial charge in [0.2, 0.25) is 5.78 Å². The van der Waals surface area contributed by atoms with E-state index in [1.54, 1.807) is 0 Å². The molecule has 0 aromatic heterocycles. The van der Waals surface area contributed by atoms with Crippen LogP contribution < -0.4 is 4.48 Å². The SMILES string of the molecule is C[N+](C)(CC(=O)c1ccc2ccccc2c1)c1ccccc1. The average molecular weight is 290 g/mol. The Hall–Kier alpha value is -2.45. The lowest BCUT2D eigenvalue weighted by Gasteiger charge is -2.28. The molecular formula is C20H20NO+. The fourth-order valence-corrected chi connectivity index (χ4v) is 2.74. The van der Waals surface area contributed by atoms with E-state index in [4.69, 9.17) is 0 Å². The number of hydrogen-bond donors (Lipinski definition) is 0. The molecule has 110 valence electrons. The lowest BCUT2D eigenvalue weighted by Crippen LogP contribution is -2.44. The predicted molar refractivity (Wildman–Crippen MR) is 93.2 cm³/mol. The number of hydrogen-bond acceptors (Lipinski definition) is 1. The van der Waals surface area contributed by atoms with Gasteiger partial charge in [0, 0.05) is 5.56 Å². The van der Waals surface area contributed by atoms with E-state index in [1.807, 2.05) is 54.6 Å². The summed E-state index contributed by atoms with van der Waals surface area (Å²) in [6.07, 6.45) is 0. The highest BCUT2D eigenvalue weighted by Gasteiger charge is 2.23. The third kappa shape index (κ3) is 2.92. The summed E-state index contributed by atoms with van der Waals surface area (Å²) in [4.78, 5) is 12.7. The van der Waals surface area contributed by atoms with Crippen LogP contribution in [0.1, 0.15) is 10.4 Å². The van der Waals surface area contributed by atoms with Crippen LogP contribution in [0.4, 0.5) is 5.69 Å². The van der Waals surface area contributed by atoms with Crippen LogP contribution in [0.2, 0.25) is 0 Å². The number of carbonyl (C=O) groups is 1. The molecule has 0 heterocycles. The highest BCUT2D eigenvalue weighted by Crippen LogP contribution is 2.20. The molecule has 2 heteroatoms. The molecule has 0 aliphatic heterocycles. The van der Waals surface area contributed by atoms with Crippen LogP contribution in [0.3, 0.4) is 0 Å². The number of benzene rings is 3. The Morgan fingerprint density at radius 2 is 1.45 bits per heavy atom. The normalized spacial score (nSPS) is 11.5. The lowest BCUT2D eigenvalue weighted by atomic mass is 10.0. The van der Waals surface area contributed by atoms with E-state index in [-0.39, 0.29) is 5.78 Å². The van der Waals surface area contributed by atoms with Crippen molar-refractivity contribution >= 4 is 22.2 Å². The van der Waals surface area contributed by atoms with Crippen molar-refractivity contribution < 1.29 is 4.79 Å². The lowest BCUT2D eigenvalue weighted by molar-refractivity contribution is 0.0959. The molecule has 3 aromatic rings. The van der Waals surface area contributed by atoms with Gasteiger partial charge in [-0.1, -0.05) is 54.6 Å². The van der Waals surface area contributed by atoms with Gasteiger partial charge in [-0.05, 0) is 29.0 Å². The number of para-hydroxylation sites is 1. The first-order valence-electron chi connectivity index (χ1n) is 7.47. The van der Waals surface area contributed by atoms with Crippen LogP contribution in [0.25, 0.3) is 10.8 Å². The van der Waals surface area contributed by atoms with Crippen molar-refractivity contribution in [2.75, 3.05) is 20.6 Å². The highest BCUT2D eigenvalue weighted by molar-refractivity contribution is 6.01. The van der Waals surface area contributed by atoms with Crippen LogP contribution in [0.15, 0.2) is 72.8 Å². The van der Waals surface area contributed by atoms with Crippen molar-refractivity contribution in [1.29, 1.82) is 0 Å². The third-order valence-corrected chi connectivity index (χ3v) is 4.07. The van der Waals surface area contributed by atoms with Crippen LogP contribution in [0, 0.1) is 0 Å². The van der Waals surface area contributed by atoms with Crippen molar-refractivity contribution in [3.05, 3.63) is 78.4 Å². The molecule has 2 nitrogen and oxygen atoms in total.